The molecule has 0 fully saturated rings. The highest BCUT2D eigenvalue weighted by Gasteiger charge is 2.24. The van der Waals surface area contributed by atoms with Crippen molar-refractivity contribution in [3.8, 4) is 33.9 Å². The molecule has 0 saturated heterocycles. The van der Waals surface area contributed by atoms with Crippen molar-refractivity contribution in [2.45, 2.75) is 60.9 Å². The minimum atomic E-state index is -1.11. The Morgan fingerprint density at radius 1 is 0.573 bits per heavy atom. The van der Waals surface area contributed by atoms with Gasteiger partial charge in [-0.3, -0.25) is 23.5 Å². The monoisotopic (exact) mass is 1140 g/mol. The molecular weight excluding hydrogens is 1070 g/mol. The van der Waals surface area contributed by atoms with Crippen LogP contribution in [0.5, 0.6) is 0 Å². The molecule has 0 radical (unpaired) electrons. The molecule has 82 heavy (non-hydrogen) atoms. The van der Waals surface area contributed by atoms with E-state index in [4.69, 9.17) is 4.98 Å². The first-order valence-electron chi connectivity index (χ1n) is 27.0. The van der Waals surface area contributed by atoms with Gasteiger partial charge in [0, 0.05) is 57.6 Å². The van der Waals surface area contributed by atoms with Gasteiger partial charge in [0.25, 0.3) is 17.0 Å². The predicted octanol–water partition coefficient (Wildman–Crippen LogP) is 11.0. The number of aryl methyl sites for hydroxylation is 2. The molecule has 4 aromatic carbocycles. The fraction of sp³-hybridized carbons (Fsp3) is 0.279. The number of para-hydroxylation sites is 2. The molecule has 0 unspecified atom stereocenters. The molecular formula is C61H63F4N11O5S. The molecule has 4 N–H and O–H groups in total. The van der Waals surface area contributed by atoms with Crippen LogP contribution in [0.15, 0.2) is 124 Å². The summed E-state index contributed by atoms with van der Waals surface area (Å²) >= 11 is 1.56. The Balaban J connectivity index is 0.000000217. The highest BCUT2D eigenvalue weighted by atomic mass is 32.1. The number of nitrogens with zero attached hydrogens (tertiary/aromatic N) is 8. The van der Waals surface area contributed by atoms with Crippen molar-refractivity contribution in [3.63, 3.8) is 0 Å². The summed E-state index contributed by atoms with van der Waals surface area (Å²) in [6.07, 6.45) is 1.59. The lowest BCUT2D eigenvalue weighted by Gasteiger charge is -2.18. The molecule has 0 bridgehead atoms. The van der Waals surface area contributed by atoms with Gasteiger partial charge < -0.3 is 30.9 Å². The summed E-state index contributed by atoms with van der Waals surface area (Å²) in [5.41, 5.74) is 1.61. The number of carbonyl (C=O) groups excluding carboxylic acids is 1. The fourth-order valence-electron chi connectivity index (χ4n) is 9.43. The molecule has 0 spiro atoms. The van der Waals surface area contributed by atoms with Gasteiger partial charge in [-0.1, -0.05) is 58.0 Å². The van der Waals surface area contributed by atoms with Crippen LogP contribution >= 0.6 is 11.3 Å². The number of hydrogen-bond acceptors (Lipinski definition) is 13. The predicted molar refractivity (Wildman–Crippen MR) is 315 cm³/mol. The number of anilines is 2. The minimum absolute atomic E-state index is 0.00197. The number of fused-ring (bicyclic) bond motifs is 2. The first-order chi connectivity index (χ1) is 39.5. The number of nitrogens with one attached hydrogen (secondary N) is 3. The molecule has 0 atom stereocenters. The van der Waals surface area contributed by atoms with Crippen LogP contribution in [0.2, 0.25) is 0 Å². The fourth-order valence-corrected chi connectivity index (χ4v) is 10.1. The van der Waals surface area contributed by atoms with Crippen molar-refractivity contribution in [1.82, 2.24) is 44.2 Å². The Bertz CT molecular complexity index is 3850. The van der Waals surface area contributed by atoms with Crippen LogP contribution < -0.4 is 27.1 Å². The van der Waals surface area contributed by atoms with E-state index >= 15 is 8.78 Å². The number of carbonyl (C=O) groups is 2. The SMILES string of the molecule is CCN(CC)CCCNc1nc(-c2cc(C(=O)NCc3cccs3)ccc2C)c2ccc(=O)n(-c3c(F)cccc3F)c2n1.CCN(CC)CCCNc1nc(-c2cc(C(=O)O)ccc2C)c2ccc(=O)n(-c3c(F)cccc3F)c2n1. The van der Waals surface area contributed by atoms with E-state index in [1.807, 2.05) is 30.5 Å². The van der Waals surface area contributed by atoms with Crippen LogP contribution in [0.4, 0.5) is 29.5 Å². The van der Waals surface area contributed by atoms with Crippen LogP contribution in [-0.2, 0) is 6.54 Å². The molecule has 0 aliphatic rings. The van der Waals surface area contributed by atoms with E-state index in [9.17, 15) is 33.1 Å². The lowest BCUT2D eigenvalue weighted by atomic mass is 9.99. The van der Waals surface area contributed by atoms with Crippen molar-refractivity contribution in [3.05, 3.63) is 186 Å². The normalized spacial score (nSPS) is 11.3. The molecule has 5 heterocycles. The maximum Gasteiger partial charge on any atom is 0.335 e. The molecule has 0 aliphatic heterocycles. The highest BCUT2D eigenvalue weighted by Crippen LogP contribution is 2.34. The quantitative estimate of drug-likeness (QED) is 0.0370. The van der Waals surface area contributed by atoms with Crippen LogP contribution in [0.1, 0.15) is 77.3 Å². The highest BCUT2D eigenvalue weighted by molar-refractivity contribution is 7.09. The maximum atomic E-state index is 15.0. The number of halogens is 4. The Hall–Kier alpha value is -8.66. The lowest BCUT2D eigenvalue weighted by molar-refractivity contribution is 0.0696. The van der Waals surface area contributed by atoms with Gasteiger partial charge in [0.15, 0.2) is 11.3 Å². The third kappa shape index (κ3) is 13.6. The largest absolute Gasteiger partial charge is 0.478 e. The van der Waals surface area contributed by atoms with E-state index in [1.54, 1.807) is 42.5 Å². The van der Waals surface area contributed by atoms with E-state index in [1.165, 1.54) is 42.5 Å². The van der Waals surface area contributed by atoms with Gasteiger partial charge in [0.05, 0.1) is 23.5 Å². The van der Waals surface area contributed by atoms with Crippen molar-refractivity contribution in [2.24, 2.45) is 0 Å². The second kappa shape index (κ2) is 27.2. The maximum absolute atomic E-state index is 15.0. The topological polar surface area (TPSA) is 192 Å². The lowest BCUT2D eigenvalue weighted by Crippen LogP contribution is -2.25. The second-order valence-corrected chi connectivity index (χ2v) is 20.2. The van der Waals surface area contributed by atoms with Crippen LogP contribution in [0, 0.1) is 37.1 Å². The molecule has 21 heteroatoms. The number of rotatable bonds is 22. The van der Waals surface area contributed by atoms with E-state index < -0.39 is 51.7 Å². The zero-order valence-corrected chi connectivity index (χ0v) is 47.1. The Kier molecular flexibility index (Phi) is 19.7. The van der Waals surface area contributed by atoms with Crippen LogP contribution in [0.25, 0.3) is 56.0 Å². The molecule has 0 saturated carbocycles. The van der Waals surface area contributed by atoms with Crippen LogP contribution in [0.3, 0.4) is 0 Å². The van der Waals surface area contributed by atoms with Gasteiger partial charge in [0.1, 0.15) is 34.6 Å². The minimum Gasteiger partial charge on any atom is -0.478 e. The number of hydrogen-bond donors (Lipinski definition) is 4. The molecule has 5 aromatic heterocycles. The van der Waals surface area contributed by atoms with Crippen molar-refractivity contribution in [2.75, 3.05) is 63.0 Å². The third-order valence-corrected chi connectivity index (χ3v) is 14.9. The Morgan fingerprint density at radius 3 is 1.43 bits per heavy atom. The molecule has 9 rings (SSSR count). The zero-order chi connectivity index (χ0) is 58.6. The summed E-state index contributed by atoms with van der Waals surface area (Å²) in [6.45, 7) is 19.0. The summed E-state index contributed by atoms with van der Waals surface area (Å²) < 4.78 is 61.6. The van der Waals surface area contributed by atoms with Gasteiger partial charge in [-0.05, 0) is 149 Å². The smallest absolute Gasteiger partial charge is 0.335 e. The third-order valence-electron chi connectivity index (χ3n) is 14.0. The number of pyridine rings is 2. The average Bonchev–Trinajstić information content (AvgIpc) is 3.69. The second-order valence-electron chi connectivity index (χ2n) is 19.2. The van der Waals surface area contributed by atoms with Gasteiger partial charge in [-0.15, -0.1) is 11.3 Å². The summed E-state index contributed by atoms with van der Waals surface area (Å²) in [5.74, 6) is -4.63. The average molecular weight is 1140 g/mol. The number of aromatic carboxylic acids is 1. The summed E-state index contributed by atoms with van der Waals surface area (Å²) in [7, 11) is 0. The first kappa shape index (κ1) is 59.5. The number of carboxylic acid groups (broad SMARTS) is 1. The molecule has 0 aliphatic carbocycles. The molecule has 1 amide bonds. The number of thiophene rings is 1. The number of aromatic nitrogens is 6. The van der Waals surface area contributed by atoms with E-state index in [0.29, 0.717) is 58.5 Å². The Labute approximate surface area is 475 Å². The summed E-state index contributed by atoms with van der Waals surface area (Å²) in [6, 6.07) is 26.1. The van der Waals surface area contributed by atoms with Crippen molar-refractivity contribution < 1.29 is 32.3 Å². The van der Waals surface area contributed by atoms with Crippen LogP contribution in [-0.4, -0.2) is 108 Å². The van der Waals surface area contributed by atoms with E-state index in [-0.39, 0.29) is 34.7 Å². The first-order valence-corrected chi connectivity index (χ1v) is 27.9. The summed E-state index contributed by atoms with van der Waals surface area (Å²) in [4.78, 5) is 75.1. The van der Waals surface area contributed by atoms with E-state index in [2.05, 4.69) is 68.4 Å². The van der Waals surface area contributed by atoms with E-state index in [0.717, 1.165) is 102 Å². The molecule has 9 aromatic rings. The summed E-state index contributed by atoms with van der Waals surface area (Å²) in [5, 5.41) is 21.6. The number of benzene rings is 4. The zero-order valence-electron chi connectivity index (χ0n) is 46.3. The molecule has 426 valence electrons. The van der Waals surface area contributed by atoms with Gasteiger partial charge in [-0.25, -0.2) is 32.3 Å². The van der Waals surface area contributed by atoms with Crippen molar-refractivity contribution >= 4 is 57.2 Å². The van der Waals surface area contributed by atoms with Gasteiger partial charge in [-0.2, -0.15) is 9.97 Å². The Morgan fingerprint density at radius 2 is 1.01 bits per heavy atom. The molecule has 16 nitrogen and oxygen atoms in total. The van der Waals surface area contributed by atoms with Gasteiger partial charge >= 0.3 is 5.97 Å². The van der Waals surface area contributed by atoms with Crippen molar-refractivity contribution in [1.29, 1.82) is 0 Å². The van der Waals surface area contributed by atoms with Gasteiger partial charge in [0.2, 0.25) is 11.9 Å². The number of carboxylic acids is 1. The number of amides is 1. The standard InChI is InChI=1S/C33H34F2N6O2S.C28H29F2N5O3/c1-4-40(5-2)17-8-16-36-33-38-29(25-19-22(13-12-21(25)3)32(43)37-20-23-9-7-18-44-23)24-14-15-28(42)41(31(24)39-33)30-26(34)10-6-11-27(30)35;1-4-34(5-2)15-7-14-31-28-32-24(20-16-18(27(37)38)11-10-17(20)3)19-12-13-23(36)35(26(19)33-28)25-21(29)8-6-9-22(25)30/h6-7,9-15,18-19H,4-5,8,16-17,20H2,1-3H3,(H,37,43)(H,36,38,39);6,8-13,16H,4-5,7,14-15H2,1-3H3,(H,37,38)(H,31,32,33).